The van der Waals surface area contributed by atoms with E-state index in [0.717, 1.165) is 11.8 Å². The highest BCUT2D eigenvalue weighted by molar-refractivity contribution is 8.13. The Hall–Kier alpha value is -2.51. The number of rotatable bonds is 13. The summed E-state index contributed by atoms with van der Waals surface area (Å²) < 4.78 is 34.3. The van der Waals surface area contributed by atoms with Gasteiger partial charge in [-0.05, 0) is 27.2 Å². The van der Waals surface area contributed by atoms with Crippen molar-refractivity contribution in [2.24, 2.45) is 11.3 Å². The van der Waals surface area contributed by atoms with Crippen LogP contribution in [0.5, 0.6) is 5.88 Å². The molecular weight excluding hydrogens is 559 g/mol. The van der Waals surface area contributed by atoms with E-state index in [2.05, 4.69) is 15.0 Å². The number of carboxylic acid groups (broad SMARTS) is 1. The summed E-state index contributed by atoms with van der Waals surface area (Å²) in [4.78, 5) is 36.9. The number of nitrogen functional groups attached to an aromatic ring is 1. The van der Waals surface area contributed by atoms with Gasteiger partial charge in [-0.25, -0.2) is 9.55 Å². The Labute approximate surface area is 238 Å². The van der Waals surface area contributed by atoms with Crippen LogP contribution in [-0.4, -0.2) is 78.5 Å². The van der Waals surface area contributed by atoms with E-state index in [0.29, 0.717) is 17.6 Å². The third-order valence-electron chi connectivity index (χ3n) is 6.31. The van der Waals surface area contributed by atoms with Gasteiger partial charge in [-0.15, -0.1) is 0 Å². The summed E-state index contributed by atoms with van der Waals surface area (Å²) in [5, 5.41) is 9.67. The minimum absolute atomic E-state index is 0.0229. The van der Waals surface area contributed by atoms with Crippen LogP contribution in [0.3, 0.4) is 0 Å². The maximum absolute atomic E-state index is 14.1. The molecule has 13 nitrogen and oxygen atoms in total. The topological polar surface area (TPSA) is 172 Å². The van der Waals surface area contributed by atoms with E-state index in [1.54, 1.807) is 20.2 Å². The van der Waals surface area contributed by atoms with Gasteiger partial charge in [0.2, 0.25) is 11.8 Å². The zero-order chi connectivity index (χ0) is 29.8. The highest BCUT2D eigenvalue weighted by atomic mass is 32.2. The fourth-order valence-corrected chi connectivity index (χ4v) is 7.33. The third kappa shape index (κ3) is 7.41. The van der Waals surface area contributed by atoms with Gasteiger partial charge in [0.15, 0.2) is 16.3 Å². The lowest BCUT2D eigenvalue weighted by atomic mass is 10.00. The zero-order valence-electron chi connectivity index (χ0n) is 23.9. The molecule has 0 saturated heterocycles. The van der Waals surface area contributed by atoms with Crippen LogP contribution in [0.2, 0.25) is 0 Å². The number of hydrogen-bond donors (Lipinski definition) is 2. The summed E-state index contributed by atoms with van der Waals surface area (Å²) >= 11 is 1.08. The third-order valence-corrected chi connectivity index (χ3v) is 9.91. The SMILES string of the molecule is COc1nc(N)nc2c1ncn2[C@H]1C=C[C@@H](COP(=O)(OCCSC(=O)C(C)(C)C)N(C(C)C)C(C)C(=O)O)C1. The van der Waals surface area contributed by atoms with Crippen LogP contribution < -0.4 is 10.5 Å². The Morgan fingerprint density at radius 1 is 1.25 bits per heavy atom. The van der Waals surface area contributed by atoms with Crippen LogP contribution in [0.4, 0.5) is 5.95 Å². The Kier molecular flexibility index (Phi) is 10.4. The van der Waals surface area contributed by atoms with E-state index in [9.17, 15) is 19.3 Å². The maximum Gasteiger partial charge on any atom is 0.409 e. The van der Waals surface area contributed by atoms with E-state index in [1.165, 1.54) is 18.7 Å². The van der Waals surface area contributed by atoms with Crippen molar-refractivity contribution in [1.82, 2.24) is 24.2 Å². The van der Waals surface area contributed by atoms with Crippen LogP contribution in [0.1, 0.15) is 54.0 Å². The number of ether oxygens (including phenoxy) is 1. The Balaban J connectivity index is 1.73. The molecule has 0 bridgehead atoms. The second-order valence-electron chi connectivity index (χ2n) is 10.8. The van der Waals surface area contributed by atoms with Crippen molar-refractivity contribution in [2.45, 2.75) is 66.1 Å². The molecule has 0 fully saturated rings. The molecule has 40 heavy (non-hydrogen) atoms. The molecule has 4 atom stereocenters. The molecule has 0 spiro atoms. The molecule has 0 saturated carbocycles. The first kappa shape index (κ1) is 32.0. The number of methoxy groups -OCH3 is 1. The molecule has 0 amide bonds. The Morgan fingerprint density at radius 3 is 2.55 bits per heavy atom. The average molecular weight is 599 g/mol. The number of carbonyl (C=O) groups is 2. The molecule has 2 aromatic heterocycles. The molecule has 2 unspecified atom stereocenters. The molecule has 2 aromatic rings. The molecule has 0 aromatic carbocycles. The van der Waals surface area contributed by atoms with Gasteiger partial charge in [0.05, 0.1) is 32.7 Å². The Morgan fingerprint density at radius 2 is 1.95 bits per heavy atom. The fourth-order valence-electron chi connectivity index (χ4n) is 4.29. The van der Waals surface area contributed by atoms with Gasteiger partial charge >= 0.3 is 13.7 Å². The summed E-state index contributed by atoms with van der Waals surface area (Å²) in [6.45, 7) is 10.3. The van der Waals surface area contributed by atoms with Crippen molar-refractivity contribution in [1.29, 1.82) is 0 Å². The number of aromatic nitrogens is 4. The fraction of sp³-hybridized carbons (Fsp3) is 0.640. The van der Waals surface area contributed by atoms with Gasteiger partial charge in [-0.1, -0.05) is 44.7 Å². The van der Waals surface area contributed by atoms with Gasteiger partial charge in [0.25, 0.3) is 0 Å². The molecule has 1 aliphatic rings. The van der Waals surface area contributed by atoms with Crippen LogP contribution in [-0.2, 0) is 23.2 Å². The molecule has 0 aliphatic heterocycles. The van der Waals surface area contributed by atoms with Gasteiger partial charge in [-0.3, -0.25) is 18.6 Å². The number of nitrogens with two attached hydrogens (primary N) is 1. The number of thioether (sulfide) groups is 1. The van der Waals surface area contributed by atoms with E-state index < -0.39 is 31.2 Å². The molecule has 3 N–H and O–H groups in total. The smallest absolute Gasteiger partial charge is 0.409 e. The van der Waals surface area contributed by atoms with E-state index >= 15 is 0 Å². The molecular formula is C25H39N6O7PS. The molecule has 2 heterocycles. The maximum atomic E-state index is 14.1. The number of nitrogens with zero attached hydrogens (tertiary/aromatic N) is 5. The quantitative estimate of drug-likeness (QED) is 0.191. The number of hydrogen-bond acceptors (Lipinski definition) is 11. The molecule has 15 heteroatoms. The molecule has 0 radical (unpaired) electrons. The first-order valence-electron chi connectivity index (χ1n) is 13.0. The highest BCUT2D eigenvalue weighted by Gasteiger charge is 2.42. The van der Waals surface area contributed by atoms with Crippen molar-refractivity contribution in [3.05, 3.63) is 18.5 Å². The Bertz CT molecular complexity index is 1290. The van der Waals surface area contributed by atoms with Crippen molar-refractivity contribution < 1.29 is 33.0 Å². The van der Waals surface area contributed by atoms with E-state index in [4.69, 9.17) is 19.5 Å². The van der Waals surface area contributed by atoms with Crippen LogP contribution in [0.15, 0.2) is 18.5 Å². The van der Waals surface area contributed by atoms with Gasteiger partial charge in [0, 0.05) is 23.1 Å². The van der Waals surface area contributed by atoms with E-state index in [1.807, 2.05) is 37.5 Å². The summed E-state index contributed by atoms with van der Waals surface area (Å²) in [5.41, 5.74) is 6.33. The lowest BCUT2D eigenvalue weighted by Gasteiger charge is -2.36. The summed E-state index contributed by atoms with van der Waals surface area (Å²) in [6.07, 6.45) is 6.14. The monoisotopic (exact) mass is 598 g/mol. The first-order chi connectivity index (χ1) is 18.7. The second kappa shape index (κ2) is 13.0. The molecule has 1 aliphatic carbocycles. The summed E-state index contributed by atoms with van der Waals surface area (Å²) in [7, 11) is -2.58. The van der Waals surface area contributed by atoms with Crippen LogP contribution in [0.25, 0.3) is 11.2 Å². The number of anilines is 1. The second-order valence-corrected chi connectivity index (χ2v) is 13.8. The average Bonchev–Trinajstić information content (AvgIpc) is 3.50. The van der Waals surface area contributed by atoms with Gasteiger partial charge < -0.3 is 20.1 Å². The van der Waals surface area contributed by atoms with Crippen LogP contribution >= 0.6 is 19.5 Å². The highest BCUT2D eigenvalue weighted by Crippen LogP contribution is 2.55. The van der Waals surface area contributed by atoms with E-state index in [-0.39, 0.29) is 47.9 Å². The number of carboxylic acids is 1. The number of allylic oxidation sites excluding steroid dienone is 1. The lowest BCUT2D eigenvalue weighted by molar-refractivity contribution is -0.142. The van der Waals surface area contributed by atoms with Gasteiger partial charge in [0.1, 0.15) is 6.04 Å². The molecule has 222 valence electrons. The zero-order valence-corrected chi connectivity index (χ0v) is 25.6. The minimum Gasteiger partial charge on any atom is -0.480 e. The predicted molar refractivity (Wildman–Crippen MR) is 153 cm³/mol. The standard InChI is InChI=1S/C25H39N6O7PS/c1-15(2)31(16(3)22(32)33)39(35,37-10-11-40-23(34)25(4,5)6)38-13-17-8-9-18(12-17)30-14-27-19-20(30)28-24(26)29-21(19)36-7/h8-9,14-18H,10-13H2,1-7H3,(H,32,33)(H2,26,28,29)/t16?,17-,18+,39?/m1/s1. The largest absolute Gasteiger partial charge is 0.480 e. The van der Waals surface area contributed by atoms with Crippen LogP contribution in [0, 0.1) is 11.3 Å². The normalized spacial score (nSPS) is 19.8. The summed E-state index contributed by atoms with van der Waals surface area (Å²) in [6, 6.07) is -1.71. The van der Waals surface area contributed by atoms with Crippen molar-refractivity contribution in [2.75, 3.05) is 31.8 Å². The number of carbonyl (C=O) groups excluding carboxylic acids is 1. The lowest BCUT2D eigenvalue weighted by Crippen LogP contribution is -2.42. The predicted octanol–water partition coefficient (Wildman–Crippen LogP) is 4.17. The number of aliphatic carboxylic acids is 1. The summed E-state index contributed by atoms with van der Waals surface area (Å²) in [5.74, 6) is -0.696. The molecule has 3 rings (SSSR count). The van der Waals surface area contributed by atoms with Gasteiger partial charge in [-0.2, -0.15) is 14.6 Å². The minimum atomic E-state index is -4.06. The van der Waals surface area contributed by atoms with Crippen molar-refractivity contribution >= 4 is 47.7 Å². The number of fused-ring (bicyclic) bond motifs is 1. The van der Waals surface area contributed by atoms with Crippen molar-refractivity contribution in [3.63, 3.8) is 0 Å². The number of imidazole rings is 1. The first-order valence-corrected chi connectivity index (χ1v) is 15.5. The van der Waals surface area contributed by atoms with Crippen molar-refractivity contribution in [3.8, 4) is 5.88 Å².